The average molecular weight is 428 g/mol. The van der Waals surface area contributed by atoms with Crippen LogP contribution in [0.1, 0.15) is 22.2 Å². The zero-order valence-electron chi connectivity index (χ0n) is 15.4. The Kier molecular flexibility index (Phi) is 4.28. The van der Waals surface area contributed by atoms with Crippen LogP contribution in [-0.4, -0.2) is 32.9 Å². The molecule has 0 unspecified atom stereocenters. The fraction of sp³-hybridized carbons (Fsp3) is 0.143. The minimum Gasteiger partial charge on any atom is -0.359 e. The van der Waals surface area contributed by atoms with Gasteiger partial charge in [-0.05, 0) is 12.1 Å². The van der Waals surface area contributed by atoms with Gasteiger partial charge in [-0.3, -0.25) is 9.20 Å². The Morgan fingerprint density at radius 1 is 1.07 bits per heavy atom. The summed E-state index contributed by atoms with van der Waals surface area (Å²) in [7, 11) is 0. The Morgan fingerprint density at radius 2 is 1.80 bits per heavy atom. The van der Waals surface area contributed by atoms with Crippen LogP contribution in [0.5, 0.6) is 0 Å². The lowest BCUT2D eigenvalue weighted by molar-refractivity contribution is -0.144. The van der Waals surface area contributed by atoms with Crippen molar-refractivity contribution in [1.82, 2.24) is 14.3 Å². The topological polar surface area (TPSA) is 49.6 Å². The molecule has 4 aromatic rings. The molecular formula is C21H15F3N4OS. The van der Waals surface area contributed by atoms with Gasteiger partial charge in [0.05, 0.1) is 17.0 Å². The standard InChI is InChI=1S/C21H15F3N4OS/c22-21(23,24)12-28-18(25-15-9-5-4-8-14(15)19(28)29)17-16(13-6-2-1-3-7-13)26-20-27(17)10-11-30-20/h1-11,18,25H,12H2/t18-/m1/s1. The molecule has 0 saturated carbocycles. The summed E-state index contributed by atoms with van der Waals surface area (Å²) in [6.07, 6.45) is -3.82. The third kappa shape index (κ3) is 3.11. The number of amides is 1. The molecule has 2 aromatic heterocycles. The summed E-state index contributed by atoms with van der Waals surface area (Å²) in [4.78, 5) is 19.2. The normalized spacial score (nSPS) is 16.6. The first kappa shape index (κ1) is 18.7. The number of thiazole rings is 1. The smallest absolute Gasteiger partial charge is 0.359 e. The molecule has 1 N–H and O–H groups in total. The average Bonchev–Trinajstić information content (AvgIpc) is 3.31. The number of rotatable bonds is 3. The molecule has 0 bridgehead atoms. The molecule has 0 aliphatic carbocycles. The lowest BCUT2D eigenvalue weighted by atomic mass is 10.0. The fourth-order valence-corrected chi connectivity index (χ4v) is 4.46. The fourth-order valence-electron chi connectivity index (χ4n) is 3.74. The van der Waals surface area contributed by atoms with Crippen LogP contribution < -0.4 is 5.32 Å². The van der Waals surface area contributed by atoms with Crippen molar-refractivity contribution in [3.63, 3.8) is 0 Å². The molecule has 0 fully saturated rings. The van der Waals surface area contributed by atoms with Gasteiger partial charge in [-0.1, -0.05) is 42.5 Å². The van der Waals surface area contributed by atoms with Crippen LogP contribution in [0.4, 0.5) is 18.9 Å². The van der Waals surface area contributed by atoms with Gasteiger partial charge in [0, 0.05) is 22.8 Å². The first-order valence-corrected chi connectivity index (χ1v) is 10.0. The Labute approximate surface area is 173 Å². The number of imidazole rings is 1. The van der Waals surface area contributed by atoms with Crippen LogP contribution in [0.15, 0.2) is 66.2 Å². The minimum absolute atomic E-state index is 0.213. The predicted octanol–water partition coefficient (Wildman–Crippen LogP) is 5.19. The van der Waals surface area contributed by atoms with Crippen molar-refractivity contribution >= 4 is 27.9 Å². The van der Waals surface area contributed by atoms with E-state index in [2.05, 4.69) is 10.3 Å². The van der Waals surface area contributed by atoms with E-state index in [1.165, 1.54) is 17.4 Å². The van der Waals surface area contributed by atoms with Gasteiger partial charge in [0.2, 0.25) is 0 Å². The molecule has 1 atom stereocenters. The number of hydrogen-bond acceptors (Lipinski definition) is 4. The van der Waals surface area contributed by atoms with E-state index in [1.54, 1.807) is 28.8 Å². The molecule has 3 heterocycles. The maximum atomic E-state index is 13.4. The van der Waals surface area contributed by atoms with Gasteiger partial charge in [0.25, 0.3) is 5.91 Å². The van der Waals surface area contributed by atoms with Crippen molar-refractivity contribution in [2.75, 3.05) is 11.9 Å². The van der Waals surface area contributed by atoms with Gasteiger partial charge < -0.3 is 10.2 Å². The van der Waals surface area contributed by atoms with Crippen LogP contribution in [0.2, 0.25) is 0 Å². The summed E-state index contributed by atoms with van der Waals surface area (Å²) in [5, 5.41) is 4.96. The molecule has 1 aliphatic heterocycles. The summed E-state index contributed by atoms with van der Waals surface area (Å²) in [6, 6.07) is 15.8. The Morgan fingerprint density at radius 3 is 2.57 bits per heavy atom. The second-order valence-corrected chi connectivity index (χ2v) is 7.78. The monoisotopic (exact) mass is 428 g/mol. The van der Waals surface area contributed by atoms with Crippen LogP contribution in [0, 0.1) is 0 Å². The van der Waals surface area contributed by atoms with Crippen LogP contribution in [-0.2, 0) is 0 Å². The second kappa shape index (κ2) is 6.88. The number of nitrogens with one attached hydrogen (secondary N) is 1. The SMILES string of the molecule is O=C1c2ccccc2N[C@@H](c2c(-c3ccccc3)nc3sccn23)N1CC(F)(F)F. The number of nitrogens with zero attached hydrogens (tertiary/aromatic N) is 3. The number of alkyl halides is 3. The number of anilines is 1. The van der Waals surface area contributed by atoms with Gasteiger partial charge in [-0.15, -0.1) is 11.3 Å². The van der Waals surface area contributed by atoms with Gasteiger partial charge in [-0.2, -0.15) is 13.2 Å². The number of para-hydroxylation sites is 1. The third-order valence-electron chi connectivity index (χ3n) is 4.98. The number of fused-ring (bicyclic) bond motifs is 2. The van der Waals surface area contributed by atoms with Gasteiger partial charge in [-0.25, -0.2) is 4.98 Å². The Balaban J connectivity index is 1.72. The predicted molar refractivity (Wildman–Crippen MR) is 108 cm³/mol. The molecule has 2 aromatic carbocycles. The molecule has 9 heteroatoms. The van der Waals surface area contributed by atoms with Crippen molar-refractivity contribution in [3.8, 4) is 11.3 Å². The second-order valence-electron chi connectivity index (χ2n) is 6.91. The molecule has 0 saturated heterocycles. The highest BCUT2D eigenvalue weighted by Crippen LogP contribution is 2.39. The summed E-state index contributed by atoms with van der Waals surface area (Å²) < 4.78 is 42.1. The van der Waals surface area contributed by atoms with E-state index < -0.39 is 24.8 Å². The van der Waals surface area contributed by atoms with E-state index in [4.69, 9.17) is 0 Å². The van der Waals surface area contributed by atoms with E-state index in [9.17, 15) is 18.0 Å². The first-order chi connectivity index (χ1) is 14.4. The van der Waals surface area contributed by atoms with Gasteiger partial charge >= 0.3 is 6.18 Å². The molecule has 5 nitrogen and oxygen atoms in total. The maximum absolute atomic E-state index is 13.4. The molecule has 1 amide bonds. The largest absolute Gasteiger partial charge is 0.406 e. The van der Waals surface area contributed by atoms with E-state index >= 15 is 0 Å². The van der Waals surface area contributed by atoms with Crippen molar-refractivity contribution in [2.24, 2.45) is 0 Å². The number of halogens is 3. The zero-order valence-corrected chi connectivity index (χ0v) is 16.2. The molecule has 0 spiro atoms. The lowest BCUT2D eigenvalue weighted by Gasteiger charge is -2.38. The number of carbonyl (C=O) groups is 1. The van der Waals surface area contributed by atoms with Crippen LogP contribution >= 0.6 is 11.3 Å². The summed E-state index contributed by atoms with van der Waals surface area (Å²) in [5.41, 5.74) is 2.51. The highest BCUT2D eigenvalue weighted by molar-refractivity contribution is 7.15. The van der Waals surface area contributed by atoms with E-state index in [-0.39, 0.29) is 5.56 Å². The van der Waals surface area contributed by atoms with E-state index in [1.807, 2.05) is 35.7 Å². The molecule has 30 heavy (non-hydrogen) atoms. The molecular weight excluding hydrogens is 413 g/mol. The number of benzene rings is 2. The molecule has 1 aliphatic rings. The third-order valence-corrected chi connectivity index (χ3v) is 5.73. The number of hydrogen-bond donors (Lipinski definition) is 1. The molecule has 0 radical (unpaired) electrons. The Hall–Kier alpha value is -3.33. The quantitative estimate of drug-likeness (QED) is 0.489. The van der Waals surface area contributed by atoms with Gasteiger partial charge in [0.1, 0.15) is 12.7 Å². The minimum atomic E-state index is -4.55. The van der Waals surface area contributed by atoms with E-state index in [0.717, 1.165) is 10.5 Å². The van der Waals surface area contributed by atoms with Crippen LogP contribution in [0.3, 0.4) is 0 Å². The summed E-state index contributed by atoms with van der Waals surface area (Å²) in [5.74, 6) is -0.670. The van der Waals surface area contributed by atoms with Crippen molar-refractivity contribution in [2.45, 2.75) is 12.3 Å². The highest BCUT2D eigenvalue weighted by Gasteiger charge is 2.42. The van der Waals surface area contributed by atoms with Gasteiger partial charge in [0.15, 0.2) is 4.96 Å². The van der Waals surface area contributed by atoms with Crippen molar-refractivity contribution in [3.05, 3.63) is 77.4 Å². The maximum Gasteiger partial charge on any atom is 0.406 e. The lowest BCUT2D eigenvalue weighted by Crippen LogP contribution is -2.47. The Bertz CT molecular complexity index is 1230. The summed E-state index contributed by atoms with van der Waals surface area (Å²) in [6.45, 7) is -1.37. The summed E-state index contributed by atoms with van der Waals surface area (Å²) >= 11 is 1.38. The molecule has 5 rings (SSSR count). The number of carbonyl (C=O) groups excluding carboxylic acids is 1. The van der Waals surface area contributed by atoms with Crippen molar-refractivity contribution < 1.29 is 18.0 Å². The van der Waals surface area contributed by atoms with E-state index in [0.29, 0.717) is 22.0 Å². The molecule has 152 valence electrons. The van der Waals surface area contributed by atoms with Crippen molar-refractivity contribution in [1.29, 1.82) is 0 Å². The zero-order chi connectivity index (χ0) is 20.9. The highest BCUT2D eigenvalue weighted by atomic mass is 32.1. The number of aromatic nitrogens is 2. The van der Waals surface area contributed by atoms with Crippen LogP contribution in [0.25, 0.3) is 16.2 Å². The first-order valence-electron chi connectivity index (χ1n) is 9.16.